The van der Waals surface area contributed by atoms with Gasteiger partial charge in [-0.05, 0) is 82.4 Å². The SMILES string of the molecule is CCCCCCCC/C=C\CCCCCCCC(=O)Oc1ccc(C(=O)O)cc1OC(=O)CCCCCCC/C=C\CCCCCCCC. The minimum absolute atomic E-state index is 0.0180. The highest BCUT2D eigenvalue weighted by molar-refractivity contribution is 5.89. The van der Waals surface area contributed by atoms with Gasteiger partial charge < -0.3 is 14.6 Å². The van der Waals surface area contributed by atoms with E-state index in [1.807, 2.05) is 0 Å². The van der Waals surface area contributed by atoms with E-state index >= 15 is 0 Å². The molecule has 0 radical (unpaired) electrons. The average molecular weight is 683 g/mol. The number of aromatic carboxylic acids is 1. The summed E-state index contributed by atoms with van der Waals surface area (Å²) in [7, 11) is 0. The number of carbonyl (C=O) groups is 3. The van der Waals surface area contributed by atoms with Crippen LogP contribution in [0, 0.1) is 0 Å². The molecule has 0 aliphatic heterocycles. The van der Waals surface area contributed by atoms with Gasteiger partial charge in [-0.1, -0.05) is 141 Å². The molecule has 49 heavy (non-hydrogen) atoms. The number of allylic oxidation sites excluding steroid dienone is 4. The second-order valence-corrected chi connectivity index (χ2v) is 13.6. The van der Waals surface area contributed by atoms with Crippen LogP contribution in [0.3, 0.4) is 0 Å². The van der Waals surface area contributed by atoms with Crippen LogP contribution in [0.15, 0.2) is 42.5 Å². The first-order chi connectivity index (χ1) is 24.0. The fourth-order valence-corrected chi connectivity index (χ4v) is 5.83. The van der Waals surface area contributed by atoms with E-state index in [-0.39, 0.29) is 29.9 Å². The summed E-state index contributed by atoms with van der Waals surface area (Å²) < 4.78 is 11.0. The summed E-state index contributed by atoms with van der Waals surface area (Å²) in [5.74, 6) is -1.93. The van der Waals surface area contributed by atoms with E-state index in [9.17, 15) is 19.5 Å². The van der Waals surface area contributed by atoms with Gasteiger partial charge in [0.25, 0.3) is 0 Å². The Morgan fingerprint density at radius 2 is 0.837 bits per heavy atom. The van der Waals surface area contributed by atoms with E-state index in [4.69, 9.17) is 9.47 Å². The highest BCUT2D eigenvalue weighted by Crippen LogP contribution is 2.30. The average Bonchev–Trinajstić information content (AvgIpc) is 3.08. The molecule has 0 saturated carbocycles. The lowest BCUT2D eigenvalue weighted by Crippen LogP contribution is -2.13. The van der Waals surface area contributed by atoms with Crippen molar-refractivity contribution in [2.75, 3.05) is 0 Å². The fraction of sp³-hybridized carbons (Fsp3) is 0.698. The van der Waals surface area contributed by atoms with Crippen LogP contribution >= 0.6 is 0 Å². The molecule has 6 nitrogen and oxygen atoms in total. The molecular weight excluding hydrogens is 612 g/mol. The van der Waals surface area contributed by atoms with Crippen LogP contribution in [-0.2, 0) is 9.59 Å². The molecule has 1 aromatic carbocycles. The number of hydrogen-bond acceptors (Lipinski definition) is 5. The van der Waals surface area contributed by atoms with E-state index < -0.39 is 17.9 Å². The highest BCUT2D eigenvalue weighted by Gasteiger charge is 2.17. The second-order valence-electron chi connectivity index (χ2n) is 13.6. The zero-order valence-corrected chi connectivity index (χ0v) is 31.3. The molecule has 1 rings (SSSR count). The van der Waals surface area contributed by atoms with Gasteiger partial charge in [-0.2, -0.15) is 0 Å². The van der Waals surface area contributed by atoms with E-state index in [1.165, 1.54) is 115 Å². The number of carbonyl (C=O) groups excluding carboxylic acids is 2. The van der Waals surface area contributed by atoms with Crippen LogP contribution < -0.4 is 9.47 Å². The first-order valence-corrected chi connectivity index (χ1v) is 20.1. The van der Waals surface area contributed by atoms with Gasteiger partial charge in [0.15, 0.2) is 11.5 Å². The summed E-state index contributed by atoms with van der Waals surface area (Å²) in [4.78, 5) is 36.6. The second kappa shape index (κ2) is 32.3. The number of esters is 2. The summed E-state index contributed by atoms with van der Waals surface area (Å²) in [5.41, 5.74) is -0.0270. The molecule has 0 heterocycles. The van der Waals surface area contributed by atoms with Crippen molar-refractivity contribution < 1.29 is 29.0 Å². The van der Waals surface area contributed by atoms with Crippen molar-refractivity contribution in [3.05, 3.63) is 48.1 Å². The van der Waals surface area contributed by atoms with Gasteiger partial charge in [-0.3, -0.25) is 9.59 Å². The molecule has 1 N–H and O–H groups in total. The van der Waals surface area contributed by atoms with Gasteiger partial charge in [0, 0.05) is 12.8 Å². The van der Waals surface area contributed by atoms with E-state index in [0.29, 0.717) is 6.42 Å². The van der Waals surface area contributed by atoms with E-state index in [2.05, 4.69) is 38.2 Å². The van der Waals surface area contributed by atoms with Crippen LogP contribution in [0.25, 0.3) is 0 Å². The normalized spacial score (nSPS) is 11.5. The van der Waals surface area contributed by atoms with E-state index in [1.54, 1.807) is 0 Å². The van der Waals surface area contributed by atoms with Crippen molar-refractivity contribution in [1.29, 1.82) is 0 Å². The number of rotatable bonds is 33. The van der Waals surface area contributed by atoms with Crippen LogP contribution in [0.5, 0.6) is 11.5 Å². The summed E-state index contributed by atoms with van der Waals surface area (Å²) in [6.45, 7) is 4.50. The Bertz CT molecular complexity index is 1040. The third-order valence-corrected chi connectivity index (χ3v) is 8.92. The quantitative estimate of drug-likeness (QED) is 0.0343. The number of hydrogen-bond donors (Lipinski definition) is 1. The Morgan fingerprint density at radius 1 is 0.490 bits per heavy atom. The molecule has 0 aliphatic carbocycles. The zero-order valence-electron chi connectivity index (χ0n) is 31.3. The number of carboxylic acids is 1. The first-order valence-electron chi connectivity index (χ1n) is 20.1. The Morgan fingerprint density at radius 3 is 1.22 bits per heavy atom. The maximum absolute atomic E-state index is 12.6. The summed E-state index contributed by atoms with van der Waals surface area (Å²) in [6, 6.07) is 4.01. The molecule has 0 fully saturated rings. The lowest BCUT2D eigenvalue weighted by Gasteiger charge is -2.11. The zero-order chi connectivity index (χ0) is 35.6. The van der Waals surface area contributed by atoms with Gasteiger partial charge in [0.05, 0.1) is 5.56 Å². The predicted molar refractivity (Wildman–Crippen MR) is 204 cm³/mol. The Labute approximate surface area is 299 Å². The smallest absolute Gasteiger partial charge is 0.335 e. The third-order valence-electron chi connectivity index (χ3n) is 8.92. The van der Waals surface area contributed by atoms with Crippen molar-refractivity contribution in [2.45, 2.75) is 194 Å². The van der Waals surface area contributed by atoms with Gasteiger partial charge >= 0.3 is 17.9 Å². The molecule has 278 valence electrons. The van der Waals surface area contributed by atoms with Crippen molar-refractivity contribution in [3.63, 3.8) is 0 Å². The molecule has 0 aromatic heterocycles. The van der Waals surface area contributed by atoms with Crippen LogP contribution in [0.2, 0.25) is 0 Å². The molecule has 1 aromatic rings. The Balaban J connectivity index is 2.23. The van der Waals surface area contributed by atoms with Crippen molar-refractivity contribution in [3.8, 4) is 11.5 Å². The predicted octanol–water partition coefficient (Wildman–Crippen LogP) is 13.3. The fourth-order valence-electron chi connectivity index (χ4n) is 5.83. The number of benzene rings is 1. The largest absolute Gasteiger partial charge is 0.478 e. The van der Waals surface area contributed by atoms with Crippen molar-refractivity contribution in [2.24, 2.45) is 0 Å². The van der Waals surface area contributed by atoms with Crippen LogP contribution in [-0.4, -0.2) is 23.0 Å². The monoisotopic (exact) mass is 683 g/mol. The minimum atomic E-state index is -1.14. The maximum atomic E-state index is 12.6. The molecule has 0 atom stereocenters. The molecular formula is C43H70O6. The molecule has 0 spiro atoms. The van der Waals surface area contributed by atoms with Gasteiger partial charge in [0.2, 0.25) is 0 Å². The summed E-state index contributed by atoms with van der Waals surface area (Å²) >= 11 is 0. The molecule has 0 aliphatic rings. The van der Waals surface area contributed by atoms with Crippen molar-refractivity contribution in [1.82, 2.24) is 0 Å². The lowest BCUT2D eigenvalue weighted by molar-refractivity contribution is -0.137. The number of unbranched alkanes of at least 4 members (excludes halogenated alkanes) is 22. The molecule has 6 heteroatoms. The van der Waals surface area contributed by atoms with Crippen LogP contribution in [0.1, 0.15) is 204 Å². The molecule has 0 unspecified atom stereocenters. The highest BCUT2D eigenvalue weighted by atomic mass is 16.6. The summed E-state index contributed by atoms with van der Waals surface area (Å²) in [6.07, 6.45) is 40.4. The molecule has 0 amide bonds. The maximum Gasteiger partial charge on any atom is 0.335 e. The van der Waals surface area contributed by atoms with E-state index in [0.717, 1.165) is 64.2 Å². The number of ether oxygens (including phenoxy) is 2. The Kier molecular flexibility index (Phi) is 29.1. The Hall–Kier alpha value is -2.89. The van der Waals surface area contributed by atoms with Gasteiger partial charge in [-0.25, -0.2) is 4.79 Å². The van der Waals surface area contributed by atoms with Gasteiger partial charge in [-0.15, -0.1) is 0 Å². The first kappa shape index (κ1) is 44.1. The lowest BCUT2D eigenvalue weighted by atomic mass is 10.1. The standard InChI is InChI=1S/C43H70O6/c1-3-5-7-9-11-13-15-17-19-21-23-25-27-29-31-33-41(44)48-39-36-35-38(43(46)47)37-40(39)49-42(45)34-32-30-28-26-24-22-20-18-16-14-12-10-8-6-4-2/h17-20,35-37H,3-16,21-34H2,1-2H3,(H,46,47)/b19-17-,20-18-. The summed E-state index contributed by atoms with van der Waals surface area (Å²) in [5, 5.41) is 9.41. The minimum Gasteiger partial charge on any atom is -0.478 e. The van der Waals surface area contributed by atoms with Crippen LogP contribution in [0.4, 0.5) is 0 Å². The third kappa shape index (κ3) is 26.6. The van der Waals surface area contributed by atoms with Crippen molar-refractivity contribution >= 4 is 17.9 Å². The number of carboxylic acid groups (broad SMARTS) is 1. The topological polar surface area (TPSA) is 89.9 Å². The van der Waals surface area contributed by atoms with Gasteiger partial charge in [0.1, 0.15) is 0 Å². The molecule has 0 bridgehead atoms. The molecule has 0 saturated heterocycles.